The number of benzene rings is 2. The van der Waals surface area contributed by atoms with Crippen LogP contribution in [0.5, 0.6) is 17.2 Å². The van der Waals surface area contributed by atoms with Crippen LogP contribution in [0.25, 0.3) is 0 Å². The molecular weight excluding hydrogens is 382 g/mol. The summed E-state index contributed by atoms with van der Waals surface area (Å²) in [6.45, 7) is 3.22. The van der Waals surface area contributed by atoms with Crippen molar-refractivity contribution in [3.8, 4) is 17.2 Å². The van der Waals surface area contributed by atoms with Crippen LogP contribution in [0.1, 0.15) is 24.2 Å². The first-order chi connectivity index (χ1) is 11.3. The van der Waals surface area contributed by atoms with Crippen molar-refractivity contribution in [2.24, 2.45) is 0 Å². The molecule has 3 rings (SSSR count). The van der Waals surface area contributed by atoms with E-state index in [0.29, 0.717) is 10.2 Å². The largest absolute Gasteiger partial charge is 0.452 e. The molecular formula is C16H12BrNO6. The topological polar surface area (TPSA) is 87.9 Å². The zero-order chi connectivity index (χ0) is 17.5. The Bertz CT molecular complexity index is 848. The van der Waals surface area contributed by atoms with Gasteiger partial charge in [0, 0.05) is 24.4 Å². The van der Waals surface area contributed by atoms with Gasteiger partial charge in [-0.3, -0.25) is 10.1 Å². The maximum atomic E-state index is 12.3. The van der Waals surface area contributed by atoms with Crippen LogP contribution in [-0.4, -0.2) is 16.7 Å². The third-order valence-corrected chi connectivity index (χ3v) is 3.72. The Morgan fingerprint density at radius 3 is 2.62 bits per heavy atom. The number of nitro groups is 1. The number of ether oxygens (including phenoxy) is 3. The maximum absolute atomic E-state index is 12.3. The average Bonchev–Trinajstić information content (AvgIpc) is 2.47. The summed E-state index contributed by atoms with van der Waals surface area (Å²) in [6, 6.07) is 9.14. The predicted molar refractivity (Wildman–Crippen MR) is 87.4 cm³/mol. The van der Waals surface area contributed by atoms with Crippen molar-refractivity contribution >= 4 is 27.6 Å². The summed E-state index contributed by atoms with van der Waals surface area (Å²) in [7, 11) is 0. The van der Waals surface area contributed by atoms with Gasteiger partial charge in [0.05, 0.1) is 4.92 Å². The second-order valence-electron chi connectivity index (χ2n) is 5.49. The molecule has 124 valence electrons. The average molecular weight is 394 g/mol. The number of fused-ring (bicyclic) bond motifs is 1. The lowest BCUT2D eigenvalue weighted by atomic mass is 10.1. The zero-order valence-electron chi connectivity index (χ0n) is 12.7. The Hall–Kier alpha value is -2.61. The molecule has 0 aliphatic carbocycles. The van der Waals surface area contributed by atoms with E-state index in [1.165, 1.54) is 18.2 Å². The molecule has 7 nitrogen and oxygen atoms in total. The van der Waals surface area contributed by atoms with E-state index in [1.54, 1.807) is 32.0 Å². The molecule has 24 heavy (non-hydrogen) atoms. The molecule has 0 atom stereocenters. The number of hydrogen-bond donors (Lipinski definition) is 0. The molecule has 0 amide bonds. The summed E-state index contributed by atoms with van der Waals surface area (Å²) in [6.07, 6.45) is 0. The molecule has 0 aromatic heterocycles. The summed E-state index contributed by atoms with van der Waals surface area (Å²) in [4.78, 5) is 22.9. The first-order valence-corrected chi connectivity index (χ1v) is 7.73. The van der Waals surface area contributed by atoms with Crippen molar-refractivity contribution in [1.29, 1.82) is 0 Å². The molecule has 2 aromatic rings. The van der Waals surface area contributed by atoms with Gasteiger partial charge in [-0.15, -0.1) is 0 Å². The number of carbonyl (C=O) groups excluding carboxylic acids is 1. The number of halogens is 1. The standard InChI is InChI=1S/C16H12BrNO6/c1-16(2)23-13-5-3-4-12(14(13)15(19)24-16)22-11-7-6-9(17)8-10(11)18(20)21/h3-8H,1-2H3. The molecule has 0 radical (unpaired) electrons. The van der Waals surface area contributed by atoms with Crippen LogP contribution < -0.4 is 9.47 Å². The smallest absolute Gasteiger partial charge is 0.349 e. The first-order valence-electron chi connectivity index (χ1n) is 6.94. The maximum Gasteiger partial charge on any atom is 0.349 e. The summed E-state index contributed by atoms with van der Waals surface area (Å²) in [5.41, 5.74) is -0.138. The van der Waals surface area contributed by atoms with Crippen LogP contribution in [0.2, 0.25) is 0 Å². The van der Waals surface area contributed by atoms with Crippen LogP contribution in [-0.2, 0) is 4.74 Å². The highest BCUT2D eigenvalue weighted by Gasteiger charge is 2.36. The van der Waals surface area contributed by atoms with Gasteiger partial charge in [-0.25, -0.2) is 4.79 Å². The number of cyclic esters (lactones) is 1. The zero-order valence-corrected chi connectivity index (χ0v) is 14.3. The highest BCUT2D eigenvalue weighted by Crippen LogP contribution is 2.40. The van der Waals surface area contributed by atoms with Gasteiger partial charge in [0.15, 0.2) is 0 Å². The monoisotopic (exact) mass is 393 g/mol. The van der Waals surface area contributed by atoms with Gasteiger partial charge in [-0.2, -0.15) is 0 Å². The number of carbonyl (C=O) groups is 1. The van der Waals surface area contributed by atoms with E-state index in [9.17, 15) is 14.9 Å². The van der Waals surface area contributed by atoms with E-state index in [1.807, 2.05) is 0 Å². The summed E-state index contributed by atoms with van der Waals surface area (Å²) < 4.78 is 17.0. The molecule has 0 unspecified atom stereocenters. The lowest BCUT2D eigenvalue weighted by Crippen LogP contribution is -2.38. The third kappa shape index (κ3) is 3.05. The van der Waals surface area contributed by atoms with Gasteiger partial charge in [0.2, 0.25) is 11.5 Å². The van der Waals surface area contributed by atoms with Crippen molar-refractivity contribution in [2.45, 2.75) is 19.6 Å². The van der Waals surface area contributed by atoms with Gasteiger partial charge in [-0.05, 0) is 24.3 Å². The molecule has 1 aliphatic rings. The SMILES string of the molecule is CC1(C)OC(=O)c2c(Oc3ccc(Br)cc3[N+](=O)[O-])cccc2O1. The predicted octanol–water partition coefficient (Wildman–Crippen LogP) is 4.43. The van der Waals surface area contributed by atoms with Gasteiger partial charge >= 0.3 is 11.7 Å². The first kappa shape index (κ1) is 16.3. The molecule has 0 spiro atoms. The third-order valence-electron chi connectivity index (χ3n) is 3.22. The second kappa shape index (κ2) is 5.79. The number of esters is 1. The molecule has 2 aromatic carbocycles. The molecule has 1 heterocycles. The van der Waals surface area contributed by atoms with Crippen molar-refractivity contribution < 1.29 is 23.9 Å². The number of rotatable bonds is 3. The Morgan fingerprint density at radius 1 is 1.17 bits per heavy atom. The Labute approximate surface area is 145 Å². The quantitative estimate of drug-likeness (QED) is 0.435. The fraction of sp³-hybridized carbons (Fsp3) is 0.188. The molecule has 0 saturated heterocycles. The van der Waals surface area contributed by atoms with Crippen molar-refractivity contribution in [3.05, 3.63) is 56.5 Å². The Balaban J connectivity index is 2.05. The van der Waals surface area contributed by atoms with E-state index < -0.39 is 16.7 Å². The van der Waals surface area contributed by atoms with Crippen LogP contribution >= 0.6 is 15.9 Å². The van der Waals surface area contributed by atoms with E-state index in [0.717, 1.165) is 0 Å². The van der Waals surface area contributed by atoms with Crippen LogP contribution in [0.15, 0.2) is 40.9 Å². The van der Waals surface area contributed by atoms with Crippen LogP contribution in [0.3, 0.4) is 0 Å². The number of nitro benzene ring substituents is 1. The Kier molecular flexibility index (Phi) is 3.92. The van der Waals surface area contributed by atoms with E-state index in [4.69, 9.17) is 14.2 Å². The normalized spacial score (nSPS) is 15.0. The second-order valence-corrected chi connectivity index (χ2v) is 6.41. The van der Waals surface area contributed by atoms with Crippen LogP contribution in [0.4, 0.5) is 5.69 Å². The molecule has 1 aliphatic heterocycles. The van der Waals surface area contributed by atoms with Crippen molar-refractivity contribution in [2.75, 3.05) is 0 Å². The lowest BCUT2D eigenvalue weighted by Gasteiger charge is -2.32. The molecule has 8 heteroatoms. The van der Waals surface area contributed by atoms with E-state index >= 15 is 0 Å². The highest BCUT2D eigenvalue weighted by atomic mass is 79.9. The molecule has 0 saturated carbocycles. The summed E-state index contributed by atoms with van der Waals surface area (Å²) >= 11 is 3.18. The van der Waals surface area contributed by atoms with Gasteiger partial charge in [-0.1, -0.05) is 22.0 Å². The van der Waals surface area contributed by atoms with Crippen molar-refractivity contribution in [3.63, 3.8) is 0 Å². The fourth-order valence-electron chi connectivity index (χ4n) is 2.28. The minimum Gasteiger partial charge on any atom is -0.452 e. The lowest BCUT2D eigenvalue weighted by molar-refractivity contribution is -0.385. The van der Waals surface area contributed by atoms with Gasteiger partial charge < -0.3 is 14.2 Å². The minimum absolute atomic E-state index is 0.00855. The number of nitrogens with zero attached hydrogens (tertiary/aromatic N) is 1. The molecule has 0 N–H and O–H groups in total. The Morgan fingerprint density at radius 2 is 1.92 bits per heavy atom. The van der Waals surface area contributed by atoms with Crippen LogP contribution in [0, 0.1) is 10.1 Å². The number of hydrogen-bond acceptors (Lipinski definition) is 6. The highest BCUT2D eigenvalue weighted by molar-refractivity contribution is 9.10. The molecule has 0 fully saturated rings. The van der Waals surface area contributed by atoms with Crippen molar-refractivity contribution in [1.82, 2.24) is 0 Å². The van der Waals surface area contributed by atoms with E-state index in [2.05, 4.69) is 15.9 Å². The van der Waals surface area contributed by atoms with Gasteiger partial charge in [0.1, 0.15) is 17.1 Å². The summed E-state index contributed by atoms with van der Waals surface area (Å²) in [5.74, 6) is -1.27. The van der Waals surface area contributed by atoms with Gasteiger partial charge in [0.25, 0.3) is 0 Å². The fourth-order valence-corrected chi connectivity index (χ4v) is 2.63. The summed E-state index contributed by atoms with van der Waals surface area (Å²) in [5, 5.41) is 11.2. The van der Waals surface area contributed by atoms with E-state index in [-0.39, 0.29) is 22.7 Å². The molecule has 0 bridgehead atoms. The minimum atomic E-state index is -1.09.